The minimum absolute atomic E-state index is 0.313. The summed E-state index contributed by atoms with van der Waals surface area (Å²) < 4.78 is 20.1. The zero-order valence-electron chi connectivity index (χ0n) is 19.6. The van der Waals surface area contributed by atoms with Crippen LogP contribution in [0.2, 0.25) is 0 Å². The highest BCUT2D eigenvalue weighted by molar-refractivity contribution is 5.73. The highest BCUT2D eigenvalue weighted by Crippen LogP contribution is 2.47. The molecule has 34 heavy (non-hydrogen) atoms. The maximum absolute atomic E-state index is 6.43. The van der Waals surface area contributed by atoms with Crippen molar-refractivity contribution in [3.8, 4) is 22.9 Å². The van der Waals surface area contributed by atoms with Gasteiger partial charge in [0, 0.05) is 11.9 Å². The first-order valence-electron chi connectivity index (χ1n) is 12.0. The van der Waals surface area contributed by atoms with Crippen molar-refractivity contribution in [1.29, 1.82) is 0 Å². The minimum atomic E-state index is 0.313. The van der Waals surface area contributed by atoms with E-state index in [1.807, 2.05) is 55.5 Å². The topological polar surface area (TPSA) is 58.4 Å². The van der Waals surface area contributed by atoms with Gasteiger partial charge in [0.25, 0.3) is 0 Å². The largest absolute Gasteiger partial charge is 0.493 e. The van der Waals surface area contributed by atoms with Gasteiger partial charge in [-0.2, -0.15) is 0 Å². The third kappa shape index (κ3) is 3.87. The van der Waals surface area contributed by atoms with Crippen molar-refractivity contribution >= 4 is 11.2 Å². The molecule has 2 aromatic carbocycles. The number of aryl methyl sites for hydroxylation is 1. The molecule has 0 spiro atoms. The molecule has 6 rings (SSSR count). The normalized spacial score (nSPS) is 21.2. The minimum Gasteiger partial charge on any atom is -0.493 e. The molecule has 4 aromatic rings. The SMILES string of the molecule is COc1ccc(COc2ccc(-n3c(C)nc4cccnc43)cc2)cc1OC1CC2CCC1C2. The Labute approximate surface area is 199 Å². The molecule has 2 heterocycles. The Morgan fingerprint density at radius 3 is 2.65 bits per heavy atom. The average Bonchev–Trinajstić information content (AvgIpc) is 3.57. The highest BCUT2D eigenvalue weighted by Gasteiger charge is 2.41. The van der Waals surface area contributed by atoms with Crippen LogP contribution >= 0.6 is 0 Å². The zero-order valence-corrected chi connectivity index (χ0v) is 19.6. The van der Waals surface area contributed by atoms with E-state index >= 15 is 0 Å². The van der Waals surface area contributed by atoms with Gasteiger partial charge in [0.2, 0.25) is 0 Å². The third-order valence-electron chi connectivity index (χ3n) is 7.26. The first-order valence-corrected chi connectivity index (χ1v) is 12.0. The summed E-state index contributed by atoms with van der Waals surface area (Å²) in [5.74, 6) is 4.86. The molecule has 6 nitrogen and oxygen atoms in total. The summed E-state index contributed by atoms with van der Waals surface area (Å²) in [7, 11) is 1.70. The van der Waals surface area contributed by atoms with Crippen LogP contribution in [0.3, 0.4) is 0 Å². The number of nitrogens with zero attached hydrogens (tertiary/aromatic N) is 3. The lowest BCUT2D eigenvalue weighted by Gasteiger charge is -2.24. The first-order chi connectivity index (χ1) is 16.7. The van der Waals surface area contributed by atoms with Gasteiger partial charge in [0.1, 0.15) is 29.8 Å². The maximum atomic E-state index is 6.43. The van der Waals surface area contributed by atoms with Crippen LogP contribution < -0.4 is 14.2 Å². The van der Waals surface area contributed by atoms with Gasteiger partial charge in [0.05, 0.1) is 7.11 Å². The molecule has 0 amide bonds. The van der Waals surface area contributed by atoms with E-state index in [-0.39, 0.29) is 0 Å². The molecule has 0 aliphatic heterocycles. The van der Waals surface area contributed by atoms with Gasteiger partial charge in [-0.05, 0) is 98.5 Å². The fourth-order valence-electron chi connectivity index (χ4n) is 5.59. The van der Waals surface area contributed by atoms with Crippen molar-refractivity contribution in [2.75, 3.05) is 7.11 Å². The van der Waals surface area contributed by atoms with Crippen molar-refractivity contribution in [3.05, 3.63) is 72.2 Å². The molecule has 3 atom stereocenters. The number of rotatable bonds is 7. The monoisotopic (exact) mass is 455 g/mol. The molecule has 2 aliphatic rings. The number of methoxy groups -OCH3 is 1. The molecule has 2 saturated carbocycles. The van der Waals surface area contributed by atoms with Crippen molar-refractivity contribution < 1.29 is 14.2 Å². The molecule has 174 valence electrons. The Morgan fingerprint density at radius 1 is 1.00 bits per heavy atom. The van der Waals surface area contributed by atoms with Crippen LogP contribution in [-0.4, -0.2) is 27.7 Å². The van der Waals surface area contributed by atoms with Crippen LogP contribution in [0.15, 0.2) is 60.8 Å². The molecule has 0 saturated heterocycles. The predicted octanol–water partition coefficient (Wildman–Crippen LogP) is 5.88. The number of aromatic nitrogens is 3. The average molecular weight is 456 g/mol. The van der Waals surface area contributed by atoms with Gasteiger partial charge in [-0.3, -0.25) is 4.57 Å². The highest BCUT2D eigenvalue weighted by atomic mass is 16.5. The second-order valence-electron chi connectivity index (χ2n) is 9.44. The van der Waals surface area contributed by atoms with E-state index in [4.69, 9.17) is 14.2 Å². The van der Waals surface area contributed by atoms with Gasteiger partial charge >= 0.3 is 0 Å². The van der Waals surface area contributed by atoms with Gasteiger partial charge in [-0.25, -0.2) is 9.97 Å². The second kappa shape index (κ2) is 8.67. The van der Waals surface area contributed by atoms with Crippen LogP contribution in [0.1, 0.15) is 37.1 Å². The fraction of sp³-hybridized carbons (Fsp3) is 0.357. The summed E-state index contributed by atoms with van der Waals surface area (Å²) in [5, 5.41) is 0. The fourth-order valence-corrected chi connectivity index (χ4v) is 5.59. The molecule has 0 radical (unpaired) electrons. The number of hydrogen-bond acceptors (Lipinski definition) is 5. The Hall–Kier alpha value is -3.54. The molecule has 2 fully saturated rings. The third-order valence-corrected chi connectivity index (χ3v) is 7.26. The maximum Gasteiger partial charge on any atom is 0.164 e. The molecule has 0 N–H and O–H groups in total. The van der Waals surface area contributed by atoms with Crippen molar-refractivity contribution in [2.45, 2.75) is 45.3 Å². The van der Waals surface area contributed by atoms with E-state index in [9.17, 15) is 0 Å². The predicted molar refractivity (Wildman–Crippen MR) is 131 cm³/mol. The summed E-state index contributed by atoms with van der Waals surface area (Å²) in [4.78, 5) is 9.10. The van der Waals surface area contributed by atoms with Crippen LogP contribution in [0, 0.1) is 18.8 Å². The molecule has 2 bridgehead atoms. The standard InChI is InChI=1S/C28H29N3O3/c1-18-30-24-4-3-13-29-28(24)31(18)22-8-10-23(11-9-22)33-17-20-6-12-25(32-2)27(16-20)34-26-15-19-5-7-21(26)14-19/h3-4,6,8-13,16,19,21,26H,5,7,14-15,17H2,1-2H3. The number of hydrogen-bond donors (Lipinski definition) is 0. The summed E-state index contributed by atoms with van der Waals surface area (Å²) in [6, 6.07) is 18.0. The number of ether oxygens (including phenoxy) is 3. The summed E-state index contributed by atoms with van der Waals surface area (Å²) in [5.41, 5.74) is 3.82. The Balaban J connectivity index is 1.16. The Morgan fingerprint density at radius 2 is 1.88 bits per heavy atom. The van der Waals surface area contributed by atoms with Crippen molar-refractivity contribution in [2.24, 2.45) is 11.8 Å². The summed E-state index contributed by atoms with van der Waals surface area (Å²) >= 11 is 0. The molecule has 3 unspecified atom stereocenters. The smallest absolute Gasteiger partial charge is 0.164 e. The molecular weight excluding hydrogens is 426 g/mol. The zero-order chi connectivity index (χ0) is 23.1. The Bertz CT molecular complexity index is 1310. The van der Waals surface area contributed by atoms with Crippen LogP contribution in [0.4, 0.5) is 0 Å². The van der Waals surface area contributed by atoms with E-state index in [0.29, 0.717) is 18.6 Å². The molecule has 2 aromatic heterocycles. The van der Waals surface area contributed by atoms with Crippen molar-refractivity contribution in [1.82, 2.24) is 14.5 Å². The van der Waals surface area contributed by atoms with E-state index in [2.05, 4.69) is 20.6 Å². The van der Waals surface area contributed by atoms with E-state index < -0.39 is 0 Å². The lowest BCUT2D eigenvalue weighted by molar-refractivity contribution is 0.133. The Kier molecular flexibility index (Phi) is 5.36. The van der Waals surface area contributed by atoms with Crippen molar-refractivity contribution in [3.63, 3.8) is 0 Å². The number of benzene rings is 2. The van der Waals surface area contributed by atoms with Gasteiger partial charge in [-0.15, -0.1) is 0 Å². The van der Waals surface area contributed by atoms with Crippen LogP contribution in [0.25, 0.3) is 16.9 Å². The quantitative estimate of drug-likeness (QED) is 0.348. The number of imidazole rings is 1. The summed E-state index contributed by atoms with van der Waals surface area (Å²) in [6.45, 7) is 2.46. The van der Waals surface area contributed by atoms with Gasteiger partial charge in [0.15, 0.2) is 17.1 Å². The first kappa shape index (κ1) is 21.0. The van der Waals surface area contributed by atoms with E-state index in [1.165, 1.54) is 25.7 Å². The van der Waals surface area contributed by atoms with E-state index in [1.54, 1.807) is 13.3 Å². The number of pyridine rings is 1. The number of fused-ring (bicyclic) bond motifs is 3. The lowest BCUT2D eigenvalue weighted by Crippen LogP contribution is -2.23. The van der Waals surface area contributed by atoms with Crippen LogP contribution in [-0.2, 0) is 6.61 Å². The molecule has 6 heteroatoms. The van der Waals surface area contributed by atoms with E-state index in [0.717, 1.165) is 51.4 Å². The lowest BCUT2D eigenvalue weighted by atomic mass is 9.97. The van der Waals surface area contributed by atoms with Gasteiger partial charge in [-0.1, -0.05) is 6.07 Å². The van der Waals surface area contributed by atoms with Gasteiger partial charge < -0.3 is 14.2 Å². The molecule has 2 aliphatic carbocycles. The molecular formula is C28H29N3O3. The van der Waals surface area contributed by atoms with Crippen LogP contribution in [0.5, 0.6) is 17.2 Å². The second-order valence-corrected chi connectivity index (χ2v) is 9.44. The summed E-state index contributed by atoms with van der Waals surface area (Å²) in [6.07, 6.45) is 7.25.